The highest BCUT2D eigenvalue weighted by molar-refractivity contribution is 7.90. The number of carbonyl (C=O) groups excluding carboxylic acids is 1. The van der Waals surface area contributed by atoms with Gasteiger partial charge in [-0.25, -0.2) is 22.8 Å². The summed E-state index contributed by atoms with van der Waals surface area (Å²) in [5.41, 5.74) is 1.27. The number of nitrogens with one attached hydrogen (secondary N) is 1. The topological polar surface area (TPSA) is 112 Å². The number of carbonyl (C=O) groups is 1. The van der Waals surface area contributed by atoms with E-state index >= 15 is 0 Å². The molecule has 0 spiro atoms. The van der Waals surface area contributed by atoms with E-state index in [4.69, 9.17) is 9.47 Å². The molecule has 31 heavy (non-hydrogen) atoms. The van der Waals surface area contributed by atoms with E-state index in [2.05, 4.69) is 10.1 Å². The lowest BCUT2D eigenvalue weighted by atomic mass is 10.1. The van der Waals surface area contributed by atoms with E-state index < -0.39 is 15.9 Å². The van der Waals surface area contributed by atoms with Gasteiger partial charge in [-0.3, -0.25) is 4.79 Å². The van der Waals surface area contributed by atoms with Crippen molar-refractivity contribution < 1.29 is 22.7 Å². The van der Waals surface area contributed by atoms with Crippen LogP contribution in [0.25, 0.3) is 16.6 Å². The Bertz CT molecular complexity index is 1370. The fourth-order valence-corrected chi connectivity index (χ4v) is 4.25. The molecule has 0 unspecified atom stereocenters. The summed E-state index contributed by atoms with van der Waals surface area (Å²) in [4.78, 5) is 16.8. The number of nitrogens with zero attached hydrogens (tertiary/aromatic N) is 3. The minimum absolute atomic E-state index is 0.0458. The van der Waals surface area contributed by atoms with Crippen LogP contribution in [0.1, 0.15) is 10.5 Å². The predicted molar refractivity (Wildman–Crippen MR) is 113 cm³/mol. The third kappa shape index (κ3) is 3.92. The minimum atomic E-state index is -4.24. The van der Waals surface area contributed by atoms with Crippen LogP contribution in [-0.4, -0.2) is 43.3 Å². The largest absolute Gasteiger partial charge is 0.497 e. The number of methoxy groups -OCH3 is 2. The molecule has 0 saturated heterocycles. The molecule has 0 bridgehead atoms. The first-order valence-electron chi connectivity index (χ1n) is 9.12. The number of hydrogen-bond donors (Lipinski definition) is 1. The van der Waals surface area contributed by atoms with Crippen molar-refractivity contribution in [1.82, 2.24) is 19.5 Å². The Balaban J connectivity index is 1.67. The molecular weight excluding hydrogens is 420 g/mol. The van der Waals surface area contributed by atoms with Gasteiger partial charge in [0.25, 0.3) is 15.9 Å². The average molecular weight is 438 g/mol. The summed E-state index contributed by atoms with van der Waals surface area (Å²) in [5.74, 6) is -0.476. The highest BCUT2D eigenvalue weighted by atomic mass is 32.2. The summed E-state index contributed by atoms with van der Waals surface area (Å²) in [6, 6.07) is 14.6. The molecule has 0 fully saturated rings. The number of pyridine rings is 1. The lowest BCUT2D eigenvalue weighted by molar-refractivity contribution is 0.0977. The summed E-state index contributed by atoms with van der Waals surface area (Å²) >= 11 is 0. The average Bonchev–Trinajstić information content (AvgIpc) is 3.32. The van der Waals surface area contributed by atoms with Crippen LogP contribution >= 0.6 is 0 Å². The van der Waals surface area contributed by atoms with E-state index in [1.165, 1.54) is 32.4 Å². The fourth-order valence-electron chi connectivity index (χ4n) is 3.10. The van der Waals surface area contributed by atoms with Gasteiger partial charge in [0, 0.05) is 23.8 Å². The van der Waals surface area contributed by atoms with Gasteiger partial charge in [-0.15, -0.1) is 0 Å². The van der Waals surface area contributed by atoms with Crippen molar-refractivity contribution in [3.8, 4) is 17.2 Å². The minimum Gasteiger partial charge on any atom is -0.497 e. The molecule has 2 aromatic heterocycles. The summed E-state index contributed by atoms with van der Waals surface area (Å²) in [5, 5.41) is 4.98. The number of aromatic nitrogens is 3. The molecule has 158 valence electrons. The number of hydrogen-bond acceptors (Lipinski definition) is 7. The number of benzene rings is 2. The van der Waals surface area contributed by atoms with Crippen LogP contribution in [0, 0.1) is 0 Å². The quantitative estimate of drug-likeness (QED) is 0.492. The Morgan fingerprint density at radius 1 is 1.03 bits per heavy atom. The monoisotopic (exact) mass is 438 g/mol. The Morgan fingerprint density at radius 3 is 2.58 bits per heavy atom. The van der Waals surface area contributed by atoms with Crippen LogP contribution in [-0.2, 0) is 10.0 Å². The molecule has 9 nitrogen and oxygen atoms in total. The van der Waals surface area contributed by atoms with Crippen molar-refractivity contribution in [3.63, 3.8) is 0 Å². The summed E-state index contributed by atoms with van der Waals surface area (Å²) in [7, 11) is -1.49. The molecule has 0 saturated carbocycles. The molecule has 0 aliphatic carbocycles. The molecule has 4 rings (SSSR count). The van der Waals surface area contributed by atoms with Gasteiger partial charge < -0.3 is 9.47 Å². The van der Waals surface area contributed by atoms with Crippen molar-refractivity contribution in [1.29, 1.82) is 0 Å². The van der Waals surface area contributed by atoms with E-state index in [0.717, 1.165) is 11.1 Å². The Morgan fingerprint density at radius 2 is 1.87 bits per heavy atom. The van der Waals surface area contributed by atoms with Gasteiger partial charge in [0.1, 0.15) is 22.1 Å². The molecule has 0 aliphatic rings. The van der Waals surface area contributed by atoms with E-state index in [1.54, 1.807) is 47.4 Å². The standard InChI is InChI=1S/C21H18N4O5S/c1-29-14-7-10-19(30-2)20(13-14)31(27,28)24-21(26)17-9-8-15-16(23-17)5-3-6-18(15)25-12-4-11-22-25/h3-13H,1-2H3,(H,24,26). The molecule has 2 aromatic carbocycles. The normalized spacial score (nSPS) is 11.3. The number of fused-ring (bicyclic) bond motifs is 1. The maximum atomic E-state index is 12.8. The van der Waals surface area contributed by atoms with Crippen LogP contribution in [0.3, 0.4) is 0 Å². The van der Waals surface area contributed by atoms with Crippen LogP contribution in [0.2, 0.25) is 0 Å². The third-order valence-corrected chi connectivity index (χ3v) is 5.93. The third-order valence-electron chi connectivity index (χ3n) is 4.58. The van der Waals surface area contributed by atoms with Crippen LogP contribution in [0.4, 0.5) is 0 Å². The highest BCUT2D eigenvalue weighted by Gasteiger charge is 2.24. The first-order valence-corrected chi connectivity index (χ1v) is 10.6. The van der Waals surface area contributed by atoms with Gasteiger partial charge in [-0.2, -0.15) is 5.10 Å². The second kappa shape index (κ2) is 8.07. The Labute approximate surface area is 178 Å². The predicted octanol–water partition coefficient (Wildman–Crippen LogP) is 2.56. The van der Waals surface area contributed by atoms with Gasteiger partial charge in [0.2, 0.25) is 0 Å². The molecular formula is C21H18N4O5S. The summed E-state index contributed by atoms with van der Waals surface area (Å²) in [6.07, 6.45) is 3.45. The number of rotatable bonds is 6. The van der Waals surface area contributed by atoms with Crippen LogP contribution < -0.4 is 14.2 Å². The SMILES string of the molecule is COc1ccc(OC)c(S(=O)(=O)NC(=O)c2ccc3c(-n4cccn4)cccc3n2)c1. The smallest absolute Gasteiger partial charge is 0.283 e. The number of ether oxygens (including phenoxy) is 2. The zero-order valence-corrected chi connectivity index (χ0v) is 17.5. The second-order valence-electron chi connectivity index (χ2n) is 6.44. The van der Waals surface area contributed by atoms with E-state index in [-0.39, 0.29) is 16.3 Å². The summed E-state index contributed by atoms with van der Waals surface area (Å²) < 4.78 is 39.6. The number of amides is 1. The van der Waals surface area contributed by atoms with E-state index in [9.17, 15) is 13.2 Å². The highest BCUT2D eigenvalue weighted by Crippen LogP contribution is 2.28. The molecule has 1 amide bonds. The molecule has 0 radical (unpaired) electrons. The van der Waals surface area contributed by atoms with E-state index in [1.807, 2.05) is 10.8 Å². The molecule has 0 atom stereocenters. The maximum absolute atomic E-state index is 12.8. The molecule has 4 aromatic rings. The lowest BCUT2D eigenvalue weighted by Gasteiger charge is -2.12. The Kier molecular flexibility index (Phi) is 5.30. The first-order chi connectivity index (χ1) is 14.9. The van der Waals surface area contributed by atoms with Crippen molar-refractivity contribution >= 4 is 26.8 Å². The van der Waals surface area contributed by atoms with Crippen LogP contribution in [0.5, 0.6) is 11.5 Å². The van der Waals surface area contributed by atoms with Gasteiger partial charge in [-0.05, 0) is 42.5 Å². The van der Waals surface area contributed by atoms with Gasteiger partial charge in [0.05, 0.1) is 25.4 Å². The van der Waals surface area contributed by atoms with Gasteiger partial charge in [0.15, 0.2) is 0 Å². The lowest BCUT2D eigenvalue weighted by Crippen LogP contribution is -2.31. The molecule has 0 aliphatic heterocycles. The molecule has 2 heterocycles. The van der Waals surface area contributed by atoms with Crippen LogP contribution in [0.15, 0.2) is 71.9 Å². The molecule has 1 N–H and O–H groups in total. The fraction of sp³-hybridized carbons (Fsp3) is 0.0952. The zero-order valence-electron chi connectivity index (χ0n) is 16.6. The van der Waals surface area contributed by atoms with Gasteiger partial charge in [-0.1, -0.05) is 6.07 Å². The number of sulfonamides is 1. The first kappa shape index (κ1) is 20.4. The van der Waals surface area contributed by atoms with Crippen molar-refractivity contribution in [2.24, 2.45) is 0 Å². The van der Waals surface area contributed by atoms with E-state index in [0.29, 0.717) is 11.3 Å². The van der Waals surface area contributed by atoms with Crippen molar-refractivity contribution in [3.05, 3.63) is 72.7 Å². The van der Waals surface area contributed by atoms with Crippen molar-refractivity contribution in [2.75, 3.05) is 14.2 Å². The zero-order chi connectivity index (χ0) is 22.0. The second-order valence-corrected chi connectivity index (χ2v) is 8.09. The van der Waals surface area contributed by atoms with Crippen molar-refractivity contribution in [2.45, 2.75) is 4.90 Å². The molecule has 10 heteroatoms. The maximum Gasteiger partial charge on any atom is 0.283 e. The summed E-state index contributed by atoms with van der Waals surface area (Å²) in [6.45, 7) is 0. The Hall–Kier alpha value is -3.92. The van der Waals surface area contributed by atoms with Gasteiger partial charge >= 0.3 is 0 Å².